The summed E-state index contributed by atoms with van der Waals surface area (Å²) in [6.07, 6.45) is 3.82. The van der Waals surface area contributed by atoms with Crippen LogP contribution >= 0.6 is 23.2 Å². The Morgan fingerprint density at radius 1 is 0.812 bits per heavy atom. The predicted octanol–water partition coefficient (Wildman–Crippen LogP) is 8.03. The van der Waals surface area contributed by atoms with E-state index in [-0.39, 0.29) is 5.92 Å². The van der Waals surface area contributed by atoms with Gasteiger partial charge in [0.2, 0.25) is 0 Å². The van der Waals surface area contributed by atoms with Crippen molar-refractivity contribution in [2.75, 3.05) is 36.0 Å². The van der Waals surface area contributed by atoms with E-state index in [9.17, 15) is 0 Å². The molecule has 0 atom stereocenters. The summed E-state index contributed by atoms with van der Waals surface area (Å²) in [5.74, 6) is 1.86. The molecule has 2 aliphatic rings. The molecule has 32 heavy (non-hydrogen) atoms. The second-order valence-electron chi connectivity index (χ2n) is 8.25. The quantitative estimate of drug-likeness (QED) is 0.407. The van der Waals surface area contributed by atoms with Crippen molar-refractivity contribution in [3.63, 3.8) is 0 Å². The Bertz CT molecular complexity index is 990. The molecule has 0 aromatic heterocycles. The van der Waals surface area contributed by atoms with Gasteiger partial charge in [0.15, 0.2) is 0 Å². The van der Waals surface area contributed by atoms with E-state index in [1.54, 1.807) is 0 Å². The molecule has 4 rings (SSSR count). The fraction of sp³-hybridized carbons (Fsp3) is 0.407. The van der Waals surface area contributed by atoms with E-state index in [2.05, 4.69) is 73.9 Å². The Morgan fingerprint density at radius 2 is 1.31 bits per heavy atom. The van der Waals surface area contributed by atoms with E-state index in [4.69, 9.17) is 27.9 Å². The Balaban J connectivity index is 1.88. The predicted molar refractivity (Wildman–Crippen MR) is 138 cm³/mol. The summed E-state index contributed by atoms with van der Waals surface area (Å²) in [6, 6.07) is 13.2. The minimum absolute atomic E-state index is 0.0419. The van der Waals surface area contributed by atoms with Crippen LogP contribution in [0.25, 0.3) is 0 Å². The lowest BCUT2D eigenvalue weighted by Crippen LogP contribution is -2.23. The first-order valence-corrected chi connectivity index (χ1v) is 12.5. The number of hydrogen-bond donors (Lipinski definition) is 0. The topological polar surface area (TPSA) is 15.7 Å². The summed E-state index contributed by atoms with van der Waals surface area (Å²) < 4.78 is 6.55. The number of anilines is 2. The first-order chi connectivity index (χ1) is 15.5. The van der Waals surface area contributed by atoms with Crippen LogP contribution in [0.3, 0.4) is 0 Å². The van der Waals surface area contributed by atoms with E-state index < -0.39 is 0 Å². The van der Waals surface area contributed by atoms with Gasteiger partial charge in [0, 0.05) is 66.7 Å². The lowest BCUT2D eigenvalue weighted by Gasteiger charge is -2.34. The van der Waals surface area contributed by atoms with Gasteiger partial charge in [-0.05, 0) is 58.2 Å². The van der Waals surface area contributed by atoms with Crippen LogP contribution in [0.1, 0.15) is 57.6 Å². The fourth-order valence-corrected chi connectivity index (χ4v) is 5.42. The molecule has 0 radical (unpaired) electrons. The summed E-state index contributed by atoms with van der Waals surface area (Å²) in [7, 11) is 0. The van der Waals surface area contributed by atoms with Crippen LogP contribution in [0.4, 0.5) is 11.4 Å². The van der Waals surface area contributed by atoms with E-state index in [0.717, 1.165) is 61.6 Å². The molecule has 2 aromatic carbocycles. The standard InChI is InChI=1S/C27H32Cl2N2O/c1-5-30(6-2)18-12-14-20-24(16-18)32-25-17-19(31(7-3)8-4)13-15-21(25)26(20)22-10-9-11-23(28)27(22)29/h11-17,26H,5-10H2,1-4H3. The molecule has 0 saturated carbocycles. The van der Waals surface area contributed by atoms with Crippen LogP contribution in [0.15, 0.2) is 58.1 Å². The number of allylic oxidation sites excluding steroid dienone is 4. The number of nitrogens with zero attached hydrogens (tertiary/aromatic N) is 2. The van der Waals surface area contributed by atoms with E-state index in [1.807, 2.05) is 6.08 Å². The van der Waals surface area contributed by atoms with Crippen LogP contribution < -0.4 is 14.5 Å². The maximum Gasteiger partial charge on any atom is 0.133 e. The second kappa shape index (κ2) is 9.80. The van der Waals surface area contributed by atoms with E-state index in [1.165, 1.54) is 16.9 Å². The van der Waals surface area contributed by atoms with Gasteiger partial charge in [-0.25, -0.2) is 0 Å². The number of benzene rings is 2. The molecule has 0 bridgehead atoms. The van der Waals surface area contributed by atoms with Crippen LogP contribution in [-0.2, 0) is 0 Å². The second-order valence-corrected chi connectivity index (χ2v) is 9.04. The van der Waals surface area contributed by atoms with Gasteiger partial charge in [0.05, 0.1) is 10.1 Å². The van der Waals surface area contributed by atoms with Crippen molar-refractivity contribution >= 4 is 34.6 Å². The number of fused-ring (bicyclic) bond motifs is 2. The molecule has 2 aromatic rings. The maximum atomic E-state index is 6.77. The van der Waals surface area contributed by atoms with Crippen molar-refractivity contribution in [2.45, 2.75) is 46.5 Å². The van der Waals surface area contributed by atoms with Gasteiger partial charge in [-0.3, -0.25) is 0 Å². The summed E-state index contributed by atoms with van der Waals surface area (Å²) in [5.41, 5.74) is 5.85. The largest absolute Gasteiger partial charge is 0.457 e. The van der Waals surface area contributed by atoms with Crippen LogP contribution in [0, 0.1) is 0 Å². The molecular formula is C27H32Cl2N2O. The number of rotatable bonds is 7. The molecular weight excluding hydrogens is 439 g/mol. The van der Waals surface area contributed by atoms with E-state index in [0.29, 0.717) is 10.1 Å². The van der Waals surface area contributed by atoms with Crippen molar-refractivity contribution in [2.24, 2.45) is 0 Å². The third kappa shape index (κ3) is 4.13. The summed E-state index contributed by atoms with van der Waals surface area (Å²) in [5, 5.41) is 1.34. The molecule has 0 unspecified atom stereocenters. The lowest BCUT2D eigenvalue weighted by molar-refractivity contribution is 0.450. The molecule has 3 nitrogen and oxygen atoms in total. The summed E-state index contributed by atoms with van der Waals surface area (Å²) >= 11 is 13.2. The van der Waals surface area contributed by atoms with Crippen molar-refractivity contribution < 1.29 is 4.74 Å². The van der Waals surface area contributed by atoms with Gasteiger partial charge < -0.3 is 14.5 Å². The molecule has 0 saturated heterocycles. The highest BCUT2D eigenvalue weighted by Crippen LogP contribution is 2.52. The third-order valence-corrected chi connectivity index (χ3v) is 7.56. The molecule has 1 heterocycles. The summed E-state index contributed by atoms with van der Waals surface area (Å²) in [4.78, 5) is 4.68. The van der Waals surface area contributed by atoms with Crippen molar-refractivity contribution in [1.82, 2.24) is 0 Å². The number of ether oxygens (including phenoxy) is 1. The number of hydrogen-bond acceptors (Lipinski definition) is 3. The zero-order valence-corrected chi connectivity index (χ0v) is 20.9. The Labute approximate surface area is 202 Å². The van der Waals surface area contributed by atoms with Gasteiger partial charge in [0.1, 0.15) is 11.5 Å². The minimum Gasteiger partial charge on any atom is -0.457 e. The molecule has 0 fully saturated rings. The molecule has 0 N–H and O–H groups in total. The van der Waals surface area contributed by atoms with Gasteiger partial charge in [-0.15, -0.1) is 0 Å². The third-order valence-electron chi connectivity index (χ3n) is 6.67. The van der Waals surface area contributed by atoms with Crippen molar-refractivity contribution in [3.05, 3.63) is 69.2 Å². The van der Waals surface area contributed by atoms with Crippen molar-refractivity contribution in [1.29, 1.82) is 0 Å². The summed E-state index contributed by atoms with van der Waals surface area (Å²) in [6.45, 7) is 12.5. The van der Waals surface area contributed by atoms with Gasteiger partial charge in [-0.2, -0.15) is 0 Å². The average Bonchev–Trinajstić information content (AvgIpc) is 2.81. The SMILES string of the molecule is CCN(CC)c1ccc2c(c1)Oc1cc(N(CC)CC)ccc1C2C1=C(Cl)C(Cl)=CCC1. The van der Waals surface area contributed by atoms with Crippen LogP contribution in [0.2, 0.25) is 0 Å². The van der Waals surface area contributed by atoms with Gasteiger partial charge in [-0.1, -0.05) is 41.4 Å². The zero-order valence-electron chi connectivity index (χ0n) is 19.4. The van der Waals surface area contributed by atoms with Crippen molar-refractivity contribution in [3.8, 4) is 11.5 Å². The minimum atomic E-state index is 0.0419. The highest BCUT2D eigenvalue weighted by molar-refractivity contribution is 6.44. The molecule has 1 aliphatic heterocycles. The van der Waals surface area contributed by atoms with Gasteiger partial charge in [0.25, 0.3) is 0 Å². The maximum absolute atomic E-state index is 6.77. The zero-order chi connectivity index (χ0) is 22.8. The molecule has 5 heteroatoms. The van der Waals surface area contributed by atoms with Crippen LogP contribution in [-0.4, -0.2) is 26.2 Å². The Hall–Kier alpha value is -2.10. The molecule has 170 valence electrons. The van der Waals surface area contributed by atoms with Crippen LogP contribution in [0.5, 0.6) is 11.5 Å². The Morgan fingerprint density at radius 3 is 1.78 bits per heavy atom. The molecule has 0 amide bonds. The fourth-order valence-electron chi connectivity index (χ4n) is 4.91. The van der Waals surface area contributed by atoms with Gasteiger partial charge >= 0.3 is 0 Å². The monoisotopic (exact) mass is 470 g/mol. The first kappa shape index (κ1) is 23.1. The molecule has 0 spiro atoms. The molecule has 1 aliphatic carbocycles. The lowest BCUT2D eigenvalue weighted by atomic mass is 9.79. The Kier molecular flexibility index (Phi) is 7.07. The number of halogens is 2. The first-order valence-electron chi connectivity index (χ1n) is 11.7. The smallest absolute Gasteiger partial charge is 0.133 e. The average molecular weight is 471 g/mol. The highest BCUT2D eigenvalue weighted by atomic mass is 35.5. The normalized spacial score (nSPS) is 15.6. The highest BCUT2D eigenvalue weighted by Gasteiger charge is 2.33. The van der Waals surface area contributed by atoms with E-state index >= 15 is 0 Å².